The zero-order chi connectivity index (χ0) is 16.1. The summed E-state index contributed by atoms with van der Waals surface area (Å²) in [5.74, 6) is -0.309. The molecule has 0 bridgehead atoms. The fraction of sp³-hybridized carbons (Fsp3) is 0.375. The number of rotatable bonds is 6. The number of nitrogens with zero attached hydrogens (tertiary/aromatic N) is 1. The molecule has 6 nitrogen and oxygen atoms in total. The Balaban J connectivity index is 2.41. The molecular weight excluding hydrogens is 284 g/mol. The van der Waals surface area contributed by atoms with E-state index in [1.807, 2.05) is 0 Å². The minimum Gasteiger partial charge on any atom is -0.497 e. The third kappa shape index (κ3) is 3.39. The maximum absolute atomic E-state index is 12.3. The van der Waals surface area contributed by atoms with Gasteiger partial charge in [-0.15, -0.1) is 0 Å². The predicted molar refractivity (Wildman–Crippen MR) is 83.5 cm³/mol. The number of unbranched alkanes of at least 4 members (excludes halogenated alkanes) is 1. The highest BCUT2D eigenvalue weighted by atomic mass is 16.5. The zero-order valence-electron chi connectivity index (χ0n) is 12.8. The molecule has 0 aliphatic rings. The number of aromatic nitrogens is 1. The second-order valence-electron chi connectivity index (χ2n) is 5.06. The SMILES string of the molecule is CCCCNC(=O)n1cc(CC(=O)O)c2cc(OC)ccc21. The third-order valence-electron chi connectivity index (χ3n) is 3.46. The van der Waals surface area contributed by atoms with Crippen molar-refractivity contribution in [2.75, 3.05) is 13.7 Å². The highest BCUT2D eigenvalue weighted by Gasteiger charge is 2.16. The minimum atomic E-state index is -0.937. The Bertz CT molecular complexity index is 691. The number of carboxylic acids is 1. The molecule has 0 saturated carbocycles. The molecule has 0 radical (unpaired) electrons. The largest absolute Gasteiger partial charge is 0.497 e. The second kappa shape index (κ2) is 6.98. The number of aliphatic carboxylic acids is 1. The van der Waals surface area contributed by atoms with Crippen molar-refractivity contribution in [3.05, 3.63) is 30.0 Å². The van der Waals surface area contributed by atoms with Crippen LogP contribution in [0.3, 0.4) is 0 Å². The lowest BCUT2D eigenvalue weighted by atomic mass is 10.1. The summed E-state index contributed by atoms with van der Waals surface area (Å²) in [6, 6.07) is 5.02. The van der Waals surface area contributed by atoms with Crippen molar-refractivity contribution in [1.29, 1.82) is 0 Å². The summed E-state index contributed by atoms with van der Waals surface area (Å²) in [6.07, 6.45) is 3.34. The van der Waals surface area contributed by atoms with Gasteiger partial charge >= 0.3 is 12.0 Å². The van der Waals surface area contributed by atoms with Crippen molar-refractivity contribution >= 4 is 22.9 Å². The van der Waals surface area contributed by atoms with E-state index >= 15 is 0 Å². The lowest BCUT2D eigenvalue weighted by Crippen LogP contribution is -2.28. The summed E-state index contributed by atoms with van der Waals surface area (Å²) < 4.78 is 6.64. The monoisotopic (exact) mass is 304 g/mol. The Morgan fingerprint density at radius 2 is 2.14 bits per heavy atom. The van der Waals surface area contributed by atoms with Crippen LogP contribution < -0.4 is 10.1 Å². The molecule has 0 atom stereocenters. The molecule has 2 rings (SSSR count). The normalized spacial score (nSPS) is 10.6. The van der Waals surface area contributed by atoms with Crippen molar-refractivity contribution in [3.8, 4) is 5.75 Å². The number of carbonyl (C=O) groups excluding carboxylic acids is 1. The summed E-state index contributed by atoms with van der Waals surface area (Å²) in [7, 11) is 1.55. The quantitative estimate of drug-likeness (QED) is 0.804. The first-order valence-electron chi connectivity index (χ1n) is 7.24. The Labute approximate surface area is 128 Å². The van der Waals surface area contributed by atoms with Gasteiger partial charge in [0, 0.05) is 18.1 Å². The highest BCUT2D eigenvalue weighted by molar-refractivity contribution is 5.96. The molecule has 0 spiro atoms. The molecule has 0 unspecified atom stereocenters. The Morgan fingerprint density at radius 3 is 2.77 bits per heavy atom. The van der Waals surface area contributed by atoms with Gasteiger partial charge < -0.3 is 15.2 Å². The number of carboxylic acid groups (broad SMARTS) is 1. The van der Waals surface area contributed by atoms with E-state index in [4.69, 9.17) is 9.84 Å². The summed E-state index contributed by atoms with van der Waals surface area (Å²) in [4.78, 5) is 23.3. The highest BCUT2D eigenvalue weighted by Crippen LogP contribution is 2.26. The van der Waals surface area contributed by atoms with Gasteiger partial charge in [-0.25, -0.2) is 4.79 Å². The van der Waals surface area contributed by atoms with E-state index in [-0.39, 0.29) is 12.5 Å². The number of methoxy groups -OCH3 is 1. The van der Waals surface area contributed by atoms with Crippen LogP contribution in [-0.2, 0) is 11.2 Å². The smallest absolute Gasteiger partial charge is 0.326 e. The number of fused-ring (bicyclic) bond motifs is 1. The van der Waals surface area contributed by atoms with Gasteiger partial charge in [0.15, 0.2) is 0 Å². The number of hydrogen-bond acceptors (Lipinski definition) is 3. The number of nitrogens with one attached hydrogen (secondary N) is 1. The summed E-state index contributed by atoms with van der Waals surface area (Å²) in [5, 5.41) is 12.6. The fourth-order valence-electron chi connectivity index (χ4n) is 2.33. The number of ether oxygens (including phenoxy) is 1. The molecule has 0 saturated heterocycles. The van der Waals surface area contributed by atoms with Crippen LogP contribution in [0.1, 0.15) is 25.3 Å². The van der Waals surface area contributed by atoms with Gasteiger partial charge in [-0.2, -0.15) is 0 Å². The van der Waals surface area contributed by atoms with Crippen LogP contribution in [0.25, 0.3) is 10.9 Å². The van der Waals surface area contributed by atoms with Crippen LogP contribution in [0.4, 0.5) is 4.79 Å². The van der Waals surface area contributed by atoms with E-state index in [0.717, 1.165) is 12.8 Å². The molecule has 6 heteroatoms. The molecule has 0 aliphatic carbocycles. The standard InChI is InChI=1S/C16H20N2O4/c1-3-4-7-17-16(21)18-10-11(8-15(19)20)13-9-12(22-2)5-6-14(13)18/h5-6,9-10H,3-4,7-8H2,1-2H3,(H,17,21)(H,19,20). The van der Waals surface area contributed by atoms with Crippen LogP contribution in [-0.4, -0.2) is 35.3 Å². The summed E-state index contributed by atoms with van der Waals surface area (Å²) >= 11 is 0. The van der Waals surface area contributed by atoms with Crippen molar-refractivity contribution in [1.82, 2.24) is 9.88 Å². The van der Waals surface area contributed by atoms with Crippen molar-refractivity contribution in [2.45, 2.75) is 26.2 Å². The lowest BCUT2D eigenvalue weighted by molar-refractivity contribution is -0.136. The van der Waals surface area contributed by atoms with Gasteiger partial charge in [-0.1, -0.05) is 13.3 Å². The van der Waals surface area contributed by atoms with Gasteiger partial charge in [0.2, 0.25) is 0 Å². The minimum absolute atomic E-state index is 0.140. The summed E-state index contributed by atoms with van der Waals surface area (Å²) in [5.41, 5.74) is 1.26. The van der Waals surface area contributed by atoms with Gasteiger partial charge in [0.1, 0.15) is 5.75 Å². The van der Waals surface area contributed by atoms with Crippen LogP contribution in [0, 0.1) is 0 Å². The van der Waals surface area contributed by atoms with Crippen LogP contribution in [0.15, 0.2) is 24.4 Å². The number of amides is 1. The molecule has 1 aromatic heterocycles. The lowest BCUT2D eigenvalue weighted by Gasteiger charge is -2.06. The molecule has 1 aromatic carbocycles. The molecular formula is C16H20N2O4. The molecule has 1 heterocycles. The van der Waals surface area contributed by atoms with Crippen molar-refractivity contribution in [3.63, 3.8) is 0 Å². The van der Waals surface area contributed by atoms with E-state index in [2.05, 4.69) is 12.2 Å². The first-order chi connectivity index (χ1) is 10.6. The Morgan fingerprint density at radius 1 is 1.36 bits per heavy atom. The van der Waals surface area contributed by atoms with Crippen molar-refractivity contribution in [2.24, 2.45) is 0 Å². The van der Waals surface area contributed by atoms with E-state index in [9.17, 15) is 9.59 Å². The first-order valence-corrected chi connectivity index (χ1v) is 7.24. The van der Waals surface area contributed by atoms with E-state index in [1.54, 1.807) is 31.5 Å². The van der Waals surface area contributed by atoms with E-state index in [1.165, 1.54) is 4.57 Å². The Kier molecular flexibility index (Phi) is 5.04. The molecule has 0 fully saturated rings. The maximum atomic E-state index is 12.3. The molecule has 1 amide bonds. The fourth-order valence-corrected chi connectivity index (χ4v) is 2.33. The van der Waals surface area contributed by atoms with E-state index < -0.39 is 5.97 Å². The maximum Gasteiger partial charge on any atom is 0.326 e. The zero-order valence-corrected chi connectivity index (χ0v) is 12.8. The second-order valence-corrected chi connectivity index (χ2v) is 5.06. The average molecular weight is 304 g/mol. The van der Waals surface area contributed by atoms with Crippen molar-refractivity contribution < 1.29 is 19.4 Å². The van der Waals surface area contributed by atoms with Gasteiger partial charge in [0.25, 0.3) is 0 Å². The van der Waals surface area contributed by atoms with Gasteiger partial charge in [0.05, 0.1) is 19.0 Å². The summed E-state index contributed by atoms with van der Waals surface area (Å²) in [6.45, 7) is 2.65. The molecule has 2 aromatic rings. The predicted octanol–water partition coefficient (Wildman–Crippen LogP) is 2.63. The number of carbonyl (C=O) groups is 2. The van der Waals surface area contributed by atoms with E-state index in [0.29, 0.717) is 28.8 Å². The number of hydrogen-bond donors (Lipinski definition) is 2. The van der Waals surface area contributed by atoms with Crippen LogP contribution in [0.5, 0.6) is 5.75 Å². The third-order valence-corrected chi connectivity index (χ3v) is 3.46. The Hall–Kier alpha value is -2.50. The van der Waals surface area contributed by atoms with Gasteiger partial charge in [-0.05, 0) is 30.2 Å². The van der Waals surface area contributed by atoms with Crippen LogP contribution >= 0.6 is 0 Å². The van der Waals surface area contributed by atoms with Crippen LogP contribution in [0.2, 0.25) is 0 Å². The molecule has 118 valence electrons. The first kappa shape index (κ1) is 15.9. The molecule has 0 aliphatic heterocycles. The average Bonchev–Trinajstić information content (AvgIpc) is 2.84. The van der Waals surface area contributed by atoms with Gasteiger partial charge in [-0.3, -0.25) is 9.36 Å². The molecule has 2 N–H and O–H groups in total. The topological polar surface area (TPSA) is 80.6 Å². The number of benzene rings is 1. The molecule has 22 heavy (non-hydrogen) atoms.